The Morgan fingerprint density at radius 1 is 1.57 bits per heavy atom. The van der Waals surface area contributed by atoms with E-state index in [9.17, 15) is 0 Å². The van der Waals surface area contributed by atoms with E-state index in [-0.39, 0.29) is 6.10 Å². The standard InChI is InChI=1S/C12H23NO/c1-5-7-10(2)12-9-6-8-11(3)13(4)14-12/h6,9-12H,5,7-8H2,1-4H3/t10-,11-,12+/m1/s1. The summed E-state index contributed by atoms with van der Waals surface area (Å²) in [6.45, 7) is 6.68. The van der Waals surface area contributed by atoms with E-state index in [4.69, 9.17) is 4.84 Å². The molecule has 0 bridgehead atoms. The lowest BCUT2D eigenvalue weighted by Crippen LogP contribution is -2.33. The Balaban J connectivity index is 2.53. The predicted octanol–water partition coefficient (Wildman–Crippen LogP) is 3.00. The molecule has 0 radical (unpaired) electrons. The van der Waals surface area contributed by atoms with Crippen LogP contribution in [0.1, 0.15) is 40.0 Å². The maximum Gasteiger partial charge on any atom is 0.0999 e. The van der Waals surface area contributed by atoms with Gasteiger partial charge in [0.25, 0.3) is 0 Å². The van der Waals surface area contributed by atoms with E-state index in [2.05, 4.69) is 32.9 Å². The number of hydrogen-bond acceptors (Lipinski definition) is 2. The van der Waals surface area contributed by atoms with Crippen LogP contribution in [0.4, 0.5) is 0 Å². The highest BCUT2D eigenvalue weighted by Gasteiger charge is 2.21. The van der Waals surface area contributed by atoms with E-state index >= 15 is 0 Å². The molecule has 0 amide bonds. The van der Waals surface area contributed by atoms with E-state index in [1.165, 1.54) is 12.8 Å². The minimum atomic E-state index is 0.268. The van der Waals surface area contributed by atoms with Crippen LogP contribution in [-0.2, 0) is 4.84 Å². The summed E-state index contributed by atoms with van der Waals surface area (Å²) in [6, 6.07) is 0.491. The first kappa shape index (κ1) is 11.7. The summed E-state index contributed by atoms with van der Waals surface area (Å²) >= 11 is 0. The third-order valence-electron chi connectivity index (χ3n) is 3.02. The zero-order chi connectivity index (χ0) is 10.6. The Morgan fingerprint density at radius 2 is 2.29 bits per heavy atom. The van der Waals surface area contributed by atoms with Crippen LogP contribution in [0, 0.1) is 5.92 Å². The lowest BCUT2D eigenvalue weighted by atomic mass is 9.99. The van der Waals surface area contributed by atoms with Gasteiger partial charge in [-0.3, -0.25) is 4.84 Å². The van der Waals surface area contributed by atoms with Gasteiger partial charge in [0.2, 0.25) is 0 Å². The molecule has 82 valence electrons. The maximum absolute atomic E-state index is 5.88. The second-order valence-corrected chi connectivity index (χ2v) is 4.40. The normalized spacial score (nSPS) is 31.4. The minimum Gasteiger partial charge on any atom is -0.291 e. The van der Waals surface area contributed by atoms with Crippen molar-refractivity contribution in [3.05, 3.63) is 12.2 Å². The van der Waals surface area contributed by atoms with Gasteiger partial charge in [0, 0.05) is 13.1 Å². The van der Waals surface area contributed by atoms with Gasteiger partial charge in [-0.2, -0.15) is 5.06 Å². The molecule has 1 aliphatic heterocycles. The van der Waals surface area contributed by atoms with Crippen LogP contribution < -0.4 is 0 Å². The summed E-state index contributed by atoms with van der Waals surface area (Å²) in [6.07, 6.45) is 8.30. The number of rotatable bonds is 3. The van der Waals surface area contributed by atoms with Gasteiger partial charge >= 0.3 is 0 Å². The SMILES string of the molecule is CCC[C@@H](C)[C@@H]1C=CC[C@@H](C)N(C)O1. The molecule has 1 rings (SSSR count). The largest absolute Gasteiger partial charge is 0.291 e. The molecule has 0 spiro atoms. The molecular weight excluding hydrogens is 174 g/mol. The quantitative estimate of drug-likeness (QED) is 0.645. The van der Waals surface area contributed by atoms with Crippen molar-refractivity contribution in [1.82, 2.24) is 5.06 Å². The van der Waals surface area contributed by atoms with E-state index in [1.807, 2.05) is 12.1 Å². The van der Waals surface area contributed by atoms with Gasteiger partial charge < -0.3 is 0 Å². The highest BCUT2D eigenvalue weighted by Crippen LogP contribution is 2.20. The minimum absolute atomic E-state index is 0.268. The lowest BCUT2D eigenvalue weighted by Gasteiger charge is -2.27. The predicted molar refractivity (Wildman–Crippen MR) is 59.9 cm³/mol. The first-order valence-corrected chi connectivity index (χ1v) is 5.71. The average Bonchev–Trinajstić information content (AvgIpc) is 2.30. The molecule has 14 heavy (non-hydrogen) atoms. The first-order chi connectivity index (χ1) is 6.65. The van der Waals surface area contributed by atoms with E-state index in [0.29, 0.717) is 12.0 Å². The maximum atomic E-state index is 5.88. The van der Waals surface area contributed by atoms with Gasteiger partial charge in [0.1, 0.15) is 0 Å². The van der Waals surface area contributed by atoms with Gasteiger partial charge in [0.05, 0.1) is 6.10 Å². The molecule has 1 heterocycles. The van der Waals surface area contributed by atoms with Crippen LogP contribution >= 0.6 is 0 Å². The highest BCUT2D eigenvalue weighted by atomic mass is 16.7. The molecule has 0 aromatic carbocycles. The number of hydrogen-bond donors (Lipinski definition) is 0. The van der Waals surface area contributed by atoms with Crippen molar-refractivity contribution >= 4 is 0 Å². The van der Waals surface area contributed by atoms with E-state index in [1.54, 1.807) is 0 Å². The lowest BCUT2D eigenvalue weighted by molar-refractivity contribution is -0.196. The van der Waals surface area contributed by atoms with Crippen molar-refractivity contribution < 1.29 is 4.84 Å². The molecule has 2 heteroatoms. The third-order valence-corrected chi connectivity index (χ3v) is 3.02. The second-order valence-electron chi connectivity index (χ2n) is 4.40. The van der Waals surface area contributed by atoms with Crippen molar-refractivity contribution in [1.29, 1.82) is 0 Å². The van der Waals surface area contributed by atoms with Crippen molar-refractivity contribution in [3.8, 4) is 0 Å². The van der Waals surface area contributed by atoms with Crippen LogP contribution in [0.25, 0.3) is 0 Å². The number of hydroxylamine groups is 2. The fourth-order valence-corrected chi connectivity index (χ4v) is 1.80. The van der Waals surface area contributed by atoms with Crippen LogP contribution in [-0.4, -0.2) is 24.3 Å². The van der Waals surface area contributed by atoms with Gasteiger partial charge in [-0.05, 0) is 25.7 Å². The Kier molecular flexibility index (Phi) is 4.63. The van der Waals surface area contributed by atoms with Gasteiger partial charge in [-0.25, -0.2) is 0 Å². The molecule has 0 aromatic heterocycles. The summed E-state index contributed by atoms with van der Waals surface area (Å²) in [4.78, 5) is 5.88. The molecule has 0 N–H and O–H groups in total. The first-order valence-electron chi connectivity index (χ1n) is 5.71. The molecule has 0 aromatic rings. The smallest absolute Gasteiger partial charge is 0.0999 e. The second kappa shape index (κ2) is 5.52. The molecule has 0 unspecified atom stereocenters. The fourth-order valence-electron chi connectivity index (χ4n) is 1.80. The average molecular weight is 197 g/mol. The molecule has 1 aliphatic rings. The molecule has 3 atom stereocenters. The van der Waals surface area contributed by atoms with Gasteiger partial charge in [-0.15, -0.1) is 0 Å². The van der Waals surface area contributed by atoms with E-state index < -0.39 is 0 Å². The van der Waals surface area contributed by atoms with Gasteiger partial charge in [0.15, 0.2) is 0 Å². The van der Waals surface area contributed by atoms with Crippen molar-refractivity contribution in [3.63, 3.8) is 0 Å². The summed E-state index contributed by atoms with van der Waals surface area (Å²) < 4.78 is 0. The van der Waals surface area contributed by atoms with Crippen LogP contribution in [0.15, 0.2) is 12.2 Å². The van der Waals surface area contributed by atoms with Crippen molar-refractivity contribution in [2.45, 2.75) is 52.2 Å². The summed E-state index contributed by atoms with van der Waals surface area (Å²) in [7, 11) is 2.03. The highest BCUT2D eigenvalue weighted by molar-refractivity contribution is 4.95. The van der Waals surface area contributed by atoms with Crippen molar-refractivity contribution in [2.75, 3.05) is 7.05 Å². The third kappa shape index (κ3) is 3.10. The van der Waals surface area contributed by atoms with Gasteiger partial charge in [-0.1, -0.05) is 32.4 Å². The molecule has 2 nitrogen and oxygen atoms in total. The van der Waals surface area contributed by atoms with Crippen LogP contribution in [0.5, 0.6) is 0 Å². The summed E-state index contributed by atoms with van der Waals surface area (Å²) in [5.41, 5.74) is 0. The van der Waals surface area contributed by atoms with E-state index in [0.717, 1.165) is 6.42 Å². The van der Waals surface area contributed by atoms with Crippen LogP contribution in [0.2, 0.25) is 0 Å². The molecular formula is C12H23NO. The summed E-state index contributed by atoms with van der Waals surface area (Å²) in [5, 5.41) is 2.00. The van der Waals surface area contributed by atoms with Crippen molar-refractivity contribution in [2.24, 2.45) is 5.92 Å². The fraction of sp³-hybridized carbons (Fsp3) is 0.833. The molecule has 0 fully saturated rings. The molecule has 0 saturated heterocycles. The Hall–Kier alpha value is -0.340. The molecule has 0 saturated carbocycles. The van der Waals surface area contributed by atoms with Crippen LogP contribution in [0.3, 0.4) is 0 Å². The monoisotopic (exact) mass is 197 g/mol. The zero-order valence-corrected chi connectivity index (χ0v) is 9.86. The zero-order valence-electron chi connectivity index (χ0n) is 9.86. The topological polar surface area (TPSA) is 12.5 Å². The molecule has 0 aliphatic carbocycles. The Bertz CT molecular complexity index is 191. The Labute approximate surface area is 87.9 Å². The number of nitrogens with zero attached hydrogens (tertiary/aromatic N) is 1. The Morgan fingerprint density at radius 3 is 2.93 bits per heavy atom. The summed E-state index contributed by atoms with van der Waals surface area (Å²) in [5.74, 6) is 0.615.